The Kier molecular flexibility index (Phi) is 3.99. The molecule has 4 aliphatic rings. The molecule has 0 saturated heterocycles. The molecule has 3 fully saturated rings. The zero-order chi connectivity index (χ0) is 19.9. The molecule has 4 rings (SSSR count). The summed E-state index contributed by atoms with van der Waals surface area (Å²) in [5.74, 6) is -2.29. The van der Waals surface area contributed by atoms with E-state index in [0.29, 0.717) is 31.3 Å². The highest BCUT2D eigenvalue weighted by Gasteiger charge is 2.70. The normalized spacial score (nSPS) is 52.2. The molecule has 4 N–H and O–H groups in total. The summed E-state index contributed by atoms with van der Waals surface area (Å²) >= 11 is 0. The third-order valence-electron chi connectivity index (χ3n) is 8.56. The van der Waals surface area contributed by atoms with Crippen LogP contribution in [0.4, 0.5) is 4.39 Å². The zero-order valence-corrected chi connectivity index (χ0v) is 15.9. The van der Waals surface area contributed by atoms with Crippen LogP contribution in [0.3, 0.4) is 0 Å². The molecule has 6 heteroatoms. The van der Waals surface area contributed by atoms with Gasteiger partial charge in [-0.25, -0.2) is 9.18 Å². The number of halogens is 1. The number of carbonyl (C=O) groups is 1. The van der Waals surface area contributed by atoms with E-state index in [1.54, 1.807) is 6.92 Å². The van der Waals surface area contributed by atoms with Gasteiger partial charge in [-0.1, -0.05) is 20.4 Å². The highest BCUT2D eigenvalue weighted by atomic mass is 19.1. The van der Waals surface area contributed by atoms with E-state index >= 15 is 4.39 Å². The van der Waals surface area contributed by atoms with Gasteiger partial charge >= 0.3 is 5.97 Å². The molecule has 3 saturated carbocycles. The smallest absolute Gasteiger partial charge is 0.340 e. The second-order valence-electron chi connectivity index (χ2n) is 9.71. The van der Waals surface area contributed by atoms with Gasteiger partial charge in [0.2, 0.25) is 0 Å². The molecule has 150 valence electrons. The standard InChI is InChI=1S/C21H29FO5/c1-10-6-13-12-8-15(22)14-7-11(23)4-5-19(14,2)17(12)16(24)9-20(13,3)21(10,27)18(25)26/h11-13,16-17,23-24,27H,1,4-9H2,2-3H3,(H,25,26)/t11?,12-,13-,16-,17+,19-,20-,21-/m0/s1. The topological polar surface area (TPSA) is 98.0 Å². The van der Waals surface area contributed by atoms with Crippen LogP contribution in [-0.2, 0) is 4.79 Å². The quantitative estimate of drug-likeness (QED) is 0.524. The fourth-order valence-corrected chi connectivity index (χ4v) is 7.20. The molecule has 8 atom stereocenters. The summed E-state index contributed by atoms with van der Waals surface area (Å²) in [5.41, 5.74) is -2.87. The minimum Gasteiger partial charge on any atom is -0.479 e. The number of hydrogen-bond acceptors (Lipinski definition) is 4. The number of aliphatic carboxylic acids is 1. The summed E-state index contributed by atoms with van der Waals surface area (Å²) in [6, 6.07) is 0. The summed E-state index contributed by atoms with van der Waals surface area (Å²) < 4.78 is 15.2. The zero-order valence-electron chi connectivity index (χ0n) is 15.9. The maximum Gasteiger partial charge on any atom is 0.340 e. The summed E-state index contributed by atoms with van der Waals surface area (Å²) in [5, 5.41) is 41.9. The van der Waals surface area contributed by atoms with Crippen molar-refractivity contribution in [2.24, 2.45) is 28.6 Å². The van der Waals surface area contributed by atoms with Gasteiger partial charge in [-0.05, 0) is 66.4 Å². The van der Waals surface area contributed by atoms with Gasteiger partial charge in [0.15, 0.2) is 5.60 Å². The predicted molar refractivity (Wildman–Crippen MR) is 96.3 cm³/mol. The average Bonchev–Trinajstić information content (AvgIpc) is 2.78. The van der Waals surface area contributed by atoms with Crippen molar-refractivity contribution in [2.45, 2.75) is 70.2 Å². The molecule has 0 aromatic heterocycles. The van der Waals surface area contributed by atoms with Gasteiger partial charge in [-0.3, -0.25) is 0 Å². The Hall–Kier alpha value is -1.24. The van der Waals surface area contributed by atoms with Crippen LogP contribution in [0.1, 0.15) is 52.4 Å². The lowest BCUT2D eigenvalue weighted by Gasteiger charge is -2.60. The van der Waals surface area contributed by atoms with Crippen molar-refractivity contribution >= 4 is 5.97 Å². The van der Waals surface area contributed by atoms with Crippen LogP contribution in [0.25, 0.3) is 0 Å². The van der Waals surface area contributed by atoms with Gasteiger partial charge in [-0.15, -0.1) is 0 Å². The highest BCUT2D eigenvalue weighted by Crippen LogP contribution is 2.69. The monoisotopic (exact) mass is 380 g/mol. The minimum atomic E-state index is -2.10. The molecule has 4 aliphatic carbocycles. The van der Waals surface area contributed by atoms with Crippen LogP contribution in [0.5, 0.6) is 0 Å². The Bertz CT molecular complexity index is 747. The SMILES string of the molecule is C=C1C[C@H]2[C@@H]3CC(F)=C4CC(O)CC[C@]4(C)[C@H]3[C@@H](O)C[C@]2(C)[C@@]1(O)C(=O)O. The Morgan fingerprint density at radius 1 is 1.22 bits per heavy atom. The Morgan fingerprint density at radius 3 is 2.52 bits per heavy atom. The number of carboxylic acid groups (broad SMARTS) is 1. The van der Waals surface area contributed by atoms with E-state index in [1.807, 2.05) is 6.92 Å². The molecule has 1 unspecified atom stereocenters. The number of carboxylic acids is 1. The van der Waals surface area contributed by atoms with E-state index in [2.05, 4.69) is 6.58 Å². The number of rotatable bonds is 1. The molecule has 0 radical (unpaired) electrons. The fourth-order valence-electron chi connectivity index (χ4n) is 7.20. The van der Waals surface area contributed by atoms with Gasteiger partial charge in [0, 0.05) is 11.8 Å². The van der Waals surface area contributed by atoms with Crippen LogP contribution in [0, 0.1) is 28.6 Å². The van der Waals surface area contributed by atoms with Gasteiger partial charge < -0.3 is 20.4 Å². The molecule has 27 heavy (non-hydrogen) atoms. The number of aliphatic hydroxyl groups is 3. The van der Waals surface area contributed by atoms with E-state index in [-0.39, 0.29) is 42.0 Å². The molecule has 0 aromatic rings. The Labute approximate surface area is 158 Å². The van der Waals surface area contributed by atoms with Crippen molar-refractivity contribution in [1.82, 2.24) is 0 Å². The van der Waals surface area contributed by atoms with Crippen LogP contribution in [-0.4, -0.2) is 44.2 Å². The van der Waals surface area contributed by atoms with Gasteiger partial charge in [0.1, 0.15) is 5.83 Å². The molecule has 5 nitrogen and oxygen atoms in total. The largest absolute Gasteiger partial charge is 0.479 e. The number of allylic oxidation sites excluding steroid dienone is 1. The first-order chi connectivity index (χ1) is 12.5. The van der Waals surface area contributed by atoms with Gasteiger partial charge in [-0.2, -0.15) is 0 Å². The van der Waals surface area contributed by atoms with Crippen molar-refractivity contribution < 1.29 is 29.6 Å². The third-order valence-corrected chi connectivity index (χ3v) is 8.56. The molecule has 0 bridgehead atoms. The molecule has 0 aromatic carbocycles. The molecule has 0 heterocycles. The molecular weight excluding hydrogens is 351 g/mol. The maximum absolute atomic E-state index is 15.2. The average molecular weight is 380 g/mol. The predicted octanol–water partition coefficient (Wildman–Crippen LogP) is 2.56. The van der Waals surface area contributed by atoms with Crippen LogP contribution < -0.4 is 0 Å². The van der Waals surface area contributed by atoms with Crippen molar-refractivity contribution in [3.63, 3.8) is 0 Å². The van der Waals surface area contributed by atoms with E-state index < -0.39 is 34.6 Å². The summed E-state index contributed by atoms with van der Waals surface area (Å²) in [6.07, 6.45) is 0.678. The maximum atomic E-state index is 15.2. The van der Waals surface area contributed by atoms with E-state index in [9.17, 15) is 25.2 Å². The van der Waals surface area contributed by atoms with Crippen LogP contribution >= 0.6 is 0 Å². The number of hydrogen-bond donors (Lipinski definition) is 4. The van der Waals surface area contributed by atoms with Crippen molar-refractivity contribution in [1.29, 1.82) is 0 Å². The highest BCUT2D eigenvalue weighted by molar-refractivity contribution is 5.84. The van der Waals surface area contributed by atoms with Crippen LogP contribution in [0.2, 0.25) is 0 Å². The second-order valence-corrected chi connectivity index (χ2v) is 9.71. The molecule has 0 spiro atoms. The lowest BCUT2D eigenvalue weighted by molar-refractivity contribution is -0.189. The first-order valence-electron chi connectivity index (χ1n) is 9.85. The van der Waals surface area contributed by atoms with Crippen molar-refractivity contribution in [3.05, 3.63) is 23.6 Å². The summed E-state index contributed by atoms with van der Waals surface area (Å²) in [6.45, 7) is 7.51. The Morgan fingerprint density at radius 2 is 1.89 bits per heavy atom. The minimum absolute atomic E-state index is 0.128. The molecular formula is C21H29FO5. The van der Waals surface area contributed by atoms with Crippen molar-refractivity contribution in [3.8, 4) is 0 Å². The van der Waals surface area contributed by atoms with Crippen molar-refractivity contribution in [2.75, 3.05) is 0 Å². The lowest BCUT2D eigenvalue weighted by atomic mass is 9.46. The molecule has 0 amide bonds. The summed E-state index contributed by atoms with van der Waals surface area (Å²) in [4.78, 5) is 11.9. The number of fused-ring (bicyclic) bond motifs is 5. The fraction of sp³-hybridized carbons (Fsp3) is 0.762. The van der Waals surface area contributed by atoms with Gasteiger partial charge in [0.25, 0.3) is 0 Å². The first kappa shape index (κ1) is 19.1. The summed E-state index contributed by atoms with van der Waals surface area (Å²) in [7, 11) is 0. The number of aliphatic hydroxyl groups excluding tert-OH is 2. The lowest BCUT2D eigenvalue weighted by Crippen LogP contribution is -2.62. The Balaban J connectivity index is 1.82. The van der Waals surface area contributed by atoms with E-state index in [1.165, 1.54) is 0 Å². The van der Waals surface area contributed by atoms with Crippen LogP contribution in [0.15, 0.2) is 23.6 Å². The molecule has 0 aliphatic heterocycles. The second kappa shape index (κ2) is 5.65. The first-order valence-corrected chi connectivity index (χ1v) is 9.85. The van der Waals surface area contributed by atoms with E-state index in [4.69, 9.17) is 0 Å². The van der Waals surface area contributed by atoms with Gasteiger partial charge in [0.05, 0.1) is 12.2 Å². The third kappa shape index (κ3) is 2.18. The van der Waals surface area contributed by atoms with E-state index in [0.717, 1.165) is 0 Å².